The average Bonchev–Trinajstić information content (AvgIpc) is 1.87. The smallest absolute Gasteiger partial charge is 0.167 e. The topological polar surface area (TPSA) is 28.7 Å². The first-order valence-electron chi connectivity index (χ1n) is 2.23. The van der Waals surface area contributed by atoms with Crippen LogP contribution in [0.25, 0.3) is 0 Å². The van der Waals surface area contributed by atoms with Crippen LogP contribution in [0, 0.1) is 0 Å². The van der Waals surface area contributed by atoms with Crippen LogP contribution < -0.4 is 0 Å². The molecule has 2 heteroatoms. The summed E-state index contributed by atoms with van der Waals surface area (Å²) in [5, 5.41) is 0. The summed E-state index contributed by atoms with van der Waals surface area (Å²) in [6.07, 6.45) is 2.71. The number of nitrogens with one attached hydrogen (secondary N) is 1. The van der Waals surface area contributed by atoms with Crippen molar-refractivity contribution in [3.8, 4) is 0 Å². The van der Waals surface area contributed by atoms with Gasteiger partial charge in [0.15, 0.2) is 1.41 Å². The van der Waals surface area contributed by atoms with Crippen LogP contribution in [0.5, 0.6) is 0 Å². The molecule has 1 rings (SSSR count). The van der Waals surface area contributed by atoms with Crippen molar-refractivity contribution < 1.29 is 2.78 Å². The summed E-state index contributed by atoms with van der Waals surface area (Å²) in [6, 6.07) is 0. The Hall–Kier alpha value is -0.790. The Bertz CT molecular complexity index is 143. The molecule has 2 nitrogen and oxygen atoms in total. The quantitative estimate of drug-likeness (QED) is 0.470. The number of H-pyrrole nitrogens is 1. The Balaban J connectivity index is 3.04. The minimum absolute atomic E-state index is 0.134. The van der Waals surface area contributed by atoms with E-state index in [1.807, 2.05) is 0 Å². The maximum absolute atomic E-state index is 6.76. The lowest BCUT2D eigenvalue weighted by atomic mass is 11.0. The van der Waals surface area contributed by atoms with Crippen LogP contribution in [0.1, 0.15) is 1.37 Å². The molecular weight excluding hydrogens is 64.0 g/mol. The lowest BCUT2D eigenvalue weighted by Crippen LogP contribution is -1.44. The zero-order chi connectivity index (χ0) is 5.28. The summed E-state index contributed by atoms with van der Waals surface area (Å²) in [5.41, 5.74) is 0. The molecule has 0 atom stereocenters. The number of rotatable bonds is 0. The Kier molecular flexibility index (Phi) is 0.199. The summed E-state index contributed by atoms with van der Waals surface area (Å²) in [6.45, 7) is 0. The van der Waals surface area contributed by atoms with Crippen LogP contribution in [0.15, 0.2) is 18.7 Å². The standard InChI is InChI=1S/C3H4N2/c1-2-5-3-4-1/h1-3H,(H,4,5)/i1D/hD. The number of nitrogens with zero attached hydrogens (tertiary/aromatic N) is 1. The molecule has 0 aromatic carbocycles. The van der Waals surface area contributed by atoms with Crippen LogP contribution in [-0.4, -0.2) is 9.96 Å². The fraction of sp³-hybridized carbons (Fsp3) is 0. The molecule has 1 N–H and O–H groups in total. The van der Waals surface area contributed by atoms with Gasteiger partial charge in [0.1, 0.15) is 0 Å². The van der Waals surface area contributed by atoms with E-state index in [4.69, 9.17) is 2.78 Å². The predicted molar refractivity (Wildman–Crippen MR) is 18.6 cm³/mol. The summed E-state index contributed by atoms with van der Waals surface area (Å²) < 4.78 is 13.5. The molecule has 0 aliphatic carbocycles. The van der Waals surface area contributed by atoms with E-state index in [1.54, 1.807) is 0 Å². The van der Waals surface area contributed by atoms with Gasteiger partial charge in [-0.3, -0.25) is 0 Å². The van der Waals surface area contributed by atoms with Crippen molar-refractivity contribution in [2.45, 2.75) is 0 Å². The van der Waals surface area contributed by atoms with E-state index in [0.717, 1.165) is 4.98 Å². The second kappa shape index (κ2) is 0.885. The highest BCUT2D eigenvalue weighted by molar-refractivity contribution is 4.64. The molecule has 0 fully saturated rings. The third-order valence-corrected chi connectivity index (χ3v) is 0.331. The predicted octanol–water partition coefficient (Wildman–Crippen LogP) is 0.410. The van der Waals surface area contributed by atoms with Crippen molar-refractivity contribution in [3.63, 3.8) is 0 Å². The van der Waals surface area contributed by atoms with E-state index < -0.39 is 0 Å². The van der Waals surface area contributed by atoms with E-state index >= 15 is 0 Å². The molecule has 0 aliphatic heterocycles. The van der Waals surface area contributed by atoms with E-state index in [9.17, 15) is 0 Å². The number of imidazole rings is 1. The van der Waals surface area contributed by atoms with Crippen LogP contribution in [0.4, 0.5) is 0 Å². The van der Waals surface area contributed by atoms with E-state index in [-0.39, 0.29) is 6.17 Å². The fourth-order valence-corrected chi connectivity index (χ4v) is 0.167. The van der Waals surface area contributed by atoms with Gasteiger partial charge < -0.3 is 4.98 Å². The molecule has 0 aliphatic rings. The Morgan fingerprint density at radius 1 is 2.20 bits per heavy atom. The molecule has 5 heavy (non-hydrogen) atoms. The Labute approximate surface area is 32.7 Å². The summed E-state index contributed by atoms with van der Waals surface area (Å²) in [5.74, 6) is 0. The van der Waals surface area contributed by atoms with Crippen LogP contribution >= 0.6 is 0 Å². The van der Waals surface area contributed by atoms with Gasteiger partial charge in [0, 0.05) is 12.4 Å². The zero-order valence-corrected chi connectivity index (χ0v) is 2.55. The highest BCUT2D eigenvalue weighted by atomic mass is 14.8. The highest BCUT2D eigenvalue weighted by Gasteiger charge is 1.56. The minimum Gasteiger partial charge on any atom is -0.351 e. The first-order valence-corrected chi connectivity index (χ1v) is 1.29. The van der Waals surface area contributed by atoms with Crippen molar-refractivity contribution in [2.24, 2.45) is 0 Å². The second-order valence-electron chi connectivity index (χ2n) is 0.652. The van der Waals surface area contributed by atoms with Gasteiger partial charge in [-0.05, 0) is 0 Å². The molecule has 0 spiro atoms. The van der Waals surface area contributed by atoms with Crippen molar-refractivity contribution >= 4 is 0 Å². The molecule has 0 amide bonds. The van der Waals surface area contributed by atoms with Crippen molar-refractivity contribution in [1.82, 2.24) is 9.96 Å². The number of hydrogen-bond donors (Lipinski definition) is 1. The van der Waals surface area contributed by atoms with Crippen LogP contribution in [0.3, 0.4) is 0 Å². The molecule has 0 saturated carbocycles. The molecule has 1 aromatic heterocycles. The van der Waals surface area contributed by atoms with Crippen molar-refractivity contribution in [2.75, 3.05) is 0 Å². The summed E-state index contributed by atoms with van der Waals surface area (Å²) in [7, 11) is 0. The van der Waals surface area contributed by atoms with Crippen LogP contribution in [0.2, 0.25) is 1.41 Å². The number of aromatic amines is 1. The molecule has 26 valence electrons. The van der Waals surface area contributed by atoms with Gasteiger partial charge in [0.05, 0.1) is 7.70 Å². The third-order valence-electron chi connectivity index (χ3n) is 0.331. The largest absolute Gasteiger partial charge is 0.351 e. The average molecular weight is 70.1 g/mol. The van der Waals surface area contributed by atoms with Gasteiger partial charge in [-0.25, -0.2) is 4.98 Å². The fourth-order valence-electron chi connectivity index (χ4n) is 0.167. The van der Waals surface area contributed by atoms with Gasteiger partial charge in [-0.2, -0.15) is 0 Å². The van der Waals surface area contributed by atoms with Gasteiger partial charge in [-0.15, -0.1) is 0 Å². The lowest BCUT2D eigenvalue weighted by molar-refractivity contribution is 1.31. The molecule has 0 unspecified atom stereocenters. The Morgan fingerprint density at radius 3 is 3.40 bits per heavy atom. The molecule has 0 radical (unpaired) electrons. The second-order valence-corrected chi connectivity index (χ2v) is 0.652. The lowest BCUT2D eigenvalue weighted by Gasteiger charge is -1.46. The summed E-state index contributed by atoms with van der Waals surface area (Å²) >= 11 is 0. The van der Waals surface area contributed by atoms with Crippen molar-refractivity contribution in [1.29, 1.82) is 0 Å². The number of aromatic nitrogens is 2. The molecule has 0 saturated heterocycles. The highest BCUT2D eigenvalue weighted by Crippen LogP contribution is 1.62. The maximum Gasteiger partial charge on any atom is 0.167 e. The van der Waals surface area contributed by atoms with Gasteiger partial charge in [0.25, 0.3) is 0 Å². The third kappa shape index (κ3) is 0.265. The SMILES string of the molecule is [2H]c1cn([2H])cn1. The monoisotopic (exact) mass is 70.1 g/mol. The maximum atomic E-state index is 6.76. The molecular formula is C3H4N2. The van der Waals surface area contributed by atoms with Gasteiger partial charge in [0.2, 0.25) is 0 Å². The minimum atomic E-state index is 0.134. The van der Waals surface area contributed by atoms with Gasteiger partial charge in [-0.1, -0.05) is 0 Å². The van der Waals surface area contributed by atoms with Gasteiger partial charge >= 0.3 is 0 Å². The van der Waals surface area contributed by atoms with E-state index in [1.165, 1.54) is 12.5 Å². The first kappa shape index (κ1) is 1.12. The first-order chi connectivity index (χ1) is 3.29. The van der Waals surface area contributed by atoms with E-state index in [0.29, 0.717) is 0 Å². The van der Waals surface area contributed by atoms with Crippen LogP contribution in [-0.2, 0) is 0 Å². The molecule has 1 aromatic rings. The summed E-state index contributed by atoms with van der Waals surface area (Å²) in [4.78, 5) is 4.45. The van der Waals surface area contributed by atoms with Crippen molar-refractivity contribution in [3.05, 3.63) is 18.7 Å². The normalized spacial score (nSPS) is 13.6. The van der Waals surface area contributed by atoms with E-state index in [2.05, 4.69) is 4.98 Å². The molecule has 1 heterocycles. The molecule has 0 bridgehead atoms. The number of hydrogen-bond acceptors (Lipinski definition) is 1. The zero-order valence-electron chi connectivity index (χ0n) is 4.55. The Morgan fingerprint density at radius 2 is 3.20 bits per heavy atom.